The van der Waals surface area contributed by atoms with Crippen molar-refractivity contribution in [3.63, 3.8) is 0 Å². The summed E-state index contributed by atoms with van der Waals surface area (Å²) in [5, 5.41) is 0. The average Bonchev–Trinajstić information content (AvgIpc) is 2.63. The highest BCUT2D eigenvalue weighted by atomic mass is 19.1. The summed E-state index contributed by atoms with van der Waals surface area (Å²) in [4.78, 5) is 12.1. The summed E-state index contributed by atoms with van der Waals surface area (Å²) >= 11 is 0. The summed E-state index contributed by atoms with van der Waals surface area (Å²) in [5.41, 5.74) is 2.54. The Morgan fingerprint density at radius 2 is 1.44 bits per heavy atom. The second-order valence-corrected chi connectivity index (χ2v) is 5.64. The number of hydrogen-bond acceptors (Lipinski definition) is 3. The lowest BCUT2D eigenvalue weighted by molar-refractivity contribution is 0.0734. The summed E-state index contributed by atoms with van der Waals surface area (Å²) in [6, 6.07) is 20.1. The lowest BCUT2D eigenvalue weighted by atomic mass is 10.1. The van der Waals surface area contributed by atoms with Gasteiger partial charge in [0, 0.05) is 0 Å². The largest absolute Gasteiger partial charge is 0.489 e. The molecule has 0 aliphatic carbocycles. The molecule has 0 unspecified atom stereocenters. The van der Waals surface area contributed by atoms with E-state index < -0.39 is 5.97 Å². The fourth-order valence-electron chi connectivity index (χ4n) is 2.21. The summed E-state index contributed by atoms with van der Waals surface area (Å²) in [7, 11) is 0. The number of aryl methyl sites for hydroxylation is 1. The first-order valence-corrected chi connectivity index (χ1v) is 7.86. The van der Waals surface area contributed by atoms with E-state index in [2.05, 4.69) is 0 Å². The molecule has 0 aliphatic heterocycles. The van der Waals surface area contributed by atoms with Gasteiger partial charge >= 0.3 is 5.97 Å². The highest BCUT2D eigenvalue weighted by molar-refractivity contribution is 5.91. The maximum atomic E-state index is 12.9. The number of carbonyl (C=O) groups is 1. The molecule has 3 aromatic carbocycles. The second kappa shape index (κ2) is 7.62. The molecule has 4 heteroatoms. The van der Waals surface area contributed by atoms with Gasteiger partial charge in [0.25, 0.3) is 0 Å². The molecule has 0 fully saturated rings. The van der Waals surface area contributed by atoms with Gasteiger partial charge in [-0.25, -0.2) is 9.18 Å². The number of halogens is 1. The van der Waals surface area contributed by atoms with Crippen molar-refractivity contribution in [3.05, 3.63) is 95.3 Å². The number of hydrogen-bond donors (Lipinski definition) is 0. The van der Waals surface area contributed by atoms with Gasteiger partial charge in [0.2, 0.25) is 0 Å². The van der Waals surface area contributed by atoms with Crippen LogP contribution in [0.3, 0.4) is 0 Å². The molecule has 0 aromatic heterocycles. The normalized spacial score (nSPS) is 10.3. The Morgan fingerprint density at radius 1 is 0.840 bits per heavy atom. The Kier molecular flexibility index (Phi) is 5.09. The number of benzene rings is 3. The molecule has 0 saturated heterocycles. The minimum absolute atomic E-state index is 0.304. The van der Waals surface area contributed by atoms with Crippen molar-refractivity contribution in [1.29, 1.82) is 0 Å². The van der Waals surface area contributed by atoms with E-state index in [0.717, 1.165) is 11.3 Å². The Hall–Kier alpha value is -3.14. The van der Waals surface area contributed by atoms with Crippen molar-refractivity contribution < 1.29 is 18.7 Å². The Bertz CT molecular complexity index is 838. The molecular weight excluding hydrogens is 319 g/mol. The van der Waals surface area contributed by atoms with Crippen LogP contribution in [-0.4, -0.2) is 5.97 Å². The molecule has 0 radical (unpaired) electrons. The predicted octanol–water partition coefficient (Wildman–Crippen LogP) is 4.93. The van der Waals surface area contributed by atoms with E-state index >= 15 is 0 Å². The Labute approximate surface area is 145 Å². The number of carbonyl (C=O) groups excluding carboxylic acids is 1. The molecule has 0 N–H and O–H groups in total. The standard InChI is InChI=1S/C21H17FO3/c1-15-2-10-19(11-3-15)24-14-16-4-6-17(7-5-16)21(23)25-20-12-8-18(22)9-13-20/h2-13H,14H2,1H3. The van der Waals surface area contributed by atoms with E-state index in [1.54, 1.807) is 12.1 Å². The van der Waals surface area contributed by atoms with Crippen LogP contribution in [0.1, 0.15) is 21.5 Å². The van der Waals surface area contributed by atoms with Gasteiger partial charge < -0.3 is 9.47 Å². The average molecular weight is 336 g/mol. The first-order valence-electron chi connectivity index (χ1n) is 7.86. The molecule has 3 nitrogen and oxygen atoms in total. The van der Waals surface area contributed by atoms with Crippen LogP contribution in [0.4, 0.5) is 4.39 Å². The predicted molar refractivity (Wildman–Crippen MR) is 93.3 cm³/mol. The van der Waals surface area contributed by atoms with Crippen molar-refractivity contribution in [2.24, 2.45) is 0 Å². The van der Waals surface area contributed by atoms with Crippen molar-refractivity contribution in [2.75, 3.05) is 0 Å². The van der Waals surface area contributed by atoms with E-state index in [4.69, 9.17) is 9.47 Å². The van der Waals surface area contributed by atoms with Crippen LogP contribution in [0.5, 0.6) is 11.5 Å². The first kappa shape index (κ1) is 16.7. The van der Waals surface area contributed by atoms with E-state index in [9.17, 15) is 9.18 Å². The third kappa shape index (κ3) is 4.67. The fourth-order valence-corrected chi connectivity index (χ4v) is 2.21. The lowest BCUT2D eigenvalue weighted by Gasteiger charge is -2.08. The molecule has 0 atom stereocenters. The highest BCUT2D eigenvalue weighted by Crippen LogP contribution is 2.16. The highest BCUT2D eigenvalue weighted by Gasteiger charge is 2.09. The summed E-state index contributed by atoms with van der Waals surface area (Å²) in [6.45, 7) is 2.43. The maximum Gasteiger partial charge on any atom is 0.343 e. The van der Waals surface area contributed by atoms with Gasteiger partial charge in [-0.3, -0.25) is 0 Å². The van der Waals surface area contributed by atoms with E-state index in [-0.39, 0.29) is 5.82 Å². The number of rotatable bonds is 5. The van der Waals surface area contributed by atoms with E-state index in [1.165, 1.54) is 29.8 Å². The number of ether oxygens (including phenoxy) is 2. The van der Waals surface area contributed by atoms with Crippen molar-refractivity contribution >= 4 is 5.97 Å². The van der Waals surface area contributed by atoms with Crippen LogP contribution < -0.4 is 9.47 Å². The molecule has 3 aromatic rings. The molecule has 126 valence electrons. The zero-order chi connectivity index (χ0) is 17.6. The van der Waals surface area contributed by atoms with Crippen molar-refractivity contribution in [1.82, 2.24) is 0 Å². The maximum absolute atomic E-state index is 12.9. The molecule has 0 spiro atoms. The van der Waals surface area contributed by atoms with Gasteiger partial charge in [-0.15, -0.1) is 0 Å². The minimum atomic E-state index is -0.488. The fraction of sp³-hybridized carbons (Fsp3) is 0.0952. The molecule has 0 saturated carbocycles. The third-order valence-corrected chi connectivity index (χ3v) is 3.64. The van der Waals surface area contributed by atoms with E-state index in [0.29, 0.717) is 17.9 Å². The molecule has 0 bridgehead atoms. The third-order valence-electron chi connectivity index (χ3n) is 3.64. The summed E-state index contributed by atoms with van der Waals surface area (Å²) in [5.74, 6) is 0.235. The molecule has 3 rings (SSSR count). The van der Waals surface area contributed by atoms with Gasteiger partial charge in [-0.1, -0.05) is 29.8 Å². The molecule has 0 heterocycles. The Balaban J connectivity index is 1.58. The second-order valence-electron chi connectivity index (χ2n) is 5.64. The molecule has 25 heavy (non-hydrogen) atoms. The summed E-state index contributed by atoms with van der Waals surface area (Å²) < 4.78 is 23.8. The minimum Gasteiger partial charge on any atom is -0.489 e. The molecular formula is C21H17FO3. The van der Waals surface area contributed by atoms with Crippen LogP contribution >= 0.6 is 0 Å². The number of esters is 1. The van der Waals surface area contributed by atoms with Gasteiger partial charge in [-0.2, -0.15) is 0 Å². The SMILES string of the molecule is Cc1ccc(OCc2ccc(C(=O)Oc3ccc(F)cc3)cc2)cc1. The topological polar surface area (TPSA) is 35.5 Å². The molecule has 0 amide bonds. The van der Waals surface area contributed by atoms with Crippen LogP contribution in [0.25, 0.3) is 0 Å². The first-order chi connectivity index (χ1) is 12.1. The van der Waals surface area contributed by atoms with Gasteiger partial charge in [0.1, 0.15) is 23.9 Å². The van der Waals surface area contributed by atoms with Gasteiger partial charge in [0.05, 0.1) is 5.56 Å². The van der Waals surface area contributed by atoms with Crippen molar-refractivity contribution in [3.8, 4) is 11.5 Å². The quantitative estimate of drug-likeness (QED) is 0.489. The van der Waals surface area contributed by atoms with Crippen molar-refractivity contribution in [2.45, 2.75) is 13.5 Å². The molecule has 0 aliphatic rings. The van der Waals surface area contributed by atoms with Gasteiger partial charge in [-0.05, 0) is 61.0 Å². The zero-order valence-corrected chi connectivity index (χ0v) is 13.7. The lowest BCUT2D eigenvalue weighted by Crippen LogP contribution is -2.08. The van der Waals surface area contributed by atoms with Crippen LogP contribution in [-0.2, 0) is 6.61 Å². The van der Waals surface area contributed by atoms with Crippen LogP contribution in [0.15, 0.2) is 72.8 Å². The smallest absolute Gasteiger partial charge is 0.343 e. The van der Waals surface area contributed by atoms with Gasteiger partial charge in [0.15, 0.2) is 0 Å². The summed E-state index contributed by atoms with van der Waals surface area (Å²) in [6.07, 6.45) is 0. The Morgan fingerprint density at radius 3 is 2.08 bits per heavy atom. The monoisotopic (exact) mass is 336 g/mol. The van der Waals surface area contributed by atoms with Crippen LogP contribution in [0.2, 0.25) is 0 Å². The van der Waals surface area contributed by atoms with E-state index in [1.807, 2.05) is 43.3 Å². The van der Waals surface area contributed by atoms with Crippen LogP contribution in [0, 0.1) is 12.7 Å². The zero-order valence-electron chi connectivity index (χ0n) is 13.7.